The Kier molecular flexibility index (Phi) is 3.41. The number of fused-ring (bicyclic) bond motifs is 1. The van der Waals surface area contributed by atoms with E-state index in [-0.39, 0.29) is 11.0 Å². The smallest absolute Gasteiger partial charge is 0.106 e. The third-order valence-corrected chi connectivity index (χ3v) is 5.85. The number of ether oxygens (including phenoxy) is 1. The highest BCUT2D eigenvalue weighted by atomic mass is 32.1. The highest BCUT2D eigenvalue weighted by Crippen LogP contribution is 2.56. The van der Waals surface area contributed by atoms with Crippen molar-refractivity contribution in [3.8, 4) is 0 Å². The van der Waals surface area contributed by atoms with Crippen LogP contribution in [-0.4, -0.2) is 29.8 Å². The molecule has 1 aliphatic carbocycles. The second-order valence-corrected chi connectivity index (χ2v) is 7.31. The largest absolute Gasteiger partial charge is 0.377 e. The Morgan fingerprint density at radius 2 is 2.42 bits per heavy atom. The number of nitrogens with one attached hydrogen (secondary N) is 1. The SMILES string of the molecule is CC1(C)C2OCCCC2C1(N)CNCc1nccs1. The highest BCUT2D eigenvalue weighted by molar-refractivity contribution is 7.09. The van der Waals surface area contributed by atoms with Crippen LogP contribution < -0.4 is 11.1 Å². The van der Waals surface area contributed by atoms with Crippen LogP contribution in [0, 0.1) is 11.3 Å². The minimum atomic E-state index is -0.157. The zero-order chi connectivity index (χ0) is 13.5. The average molecular weight is 281 g/mol. The topological polar surface area (TPSA) is 60.2 Å². The van der Waals surface area contributed by atoms with Crippen molar-refractivity contribution in [1.29, 1.82) is 0 Å². The monoisotopic (exact) mass is 281 g/mol. The third-order valence-electron chi connectivity index (χ3n) is 5.07. The normalized spacial score (nSPS) is 36.6. The Labute approximate surface area is 118 Å². The van der Waals surface area contributed by atoms with E-state index in [1.54, 1.807) is 11.3 Å². The van der Waals surface area contributed by atoms with E-state index in [4.69, 9.17) is 10.5 Å². The summed E-state index contributed by atoms with van der Waals surface area (Å²) < 4.78 is 5.92. The molecule has 1 aliphatic heterocycles. The van der Waals surface area contributed by atoms with Crippen molar-refractivity contribution < 1.29 is 4.74 Å². The lowest BCUT2D eigenvalue weighted by atomic mass is 9.46. The first-order chi connectivity index (χ1) is 9.06. The summed E-state index contributed by atoms with van der Waals surface area (Å²) in [5.41, 5.74) is 6.61. The molecular weight excluding hydrogens is 258 g/mol. The number of nitrogens with two attached hydrogens (primary N) is 1. The average Bonchev–Trinajstić information content (AvgIpc) is 2.91. The molecule has 1 saturated carbocycles. The van der Waals surface area contributed by atoms with Gasteiger partial charge in [0.05, 0.1) is 6.10 Å². The van der Waals surface area contributed by atoms with E-state index >= 15 is 0 Å². The summed E-state index contributed by atoms with van der Waals surface area (Å²) in [5, 5.41) is 6.62. The van der Waals surface area contributed by atoms with Crippen molar-refractivity contribution in [2.75, 3.05) is 13.2 Å². The number of thiazole rings is 1. The van der Waals surface area contributed by atoms with Crippen LogP contribution in [0.15, 0.2) is 11.6 Å². The van der Waals surface area contributed by atoms with Gasteiger partial charge in [-0.05, 0) is 12.8 Å². The van der Waals surface area contributed by atoms with Gasteiger partial charge >= 0.3 is 0 Å². The van der Waals surface area contributed by atoms with Gasteiger partial charge in [-0.15, -0.1) is 11.3 Å². The molecule has 2 fully saturated rings. The fraction of sp³-hybridized carbons (Fsp3) is 0.786. The van der Waals surface area contributed by atoms with Gasteiger partial charge in [0.2, 0.25) is 0 Å². The first kappa shape index (κ1) is 13.5. The van der Waals surface area contributed by atoms with Gasteiger partial charge in [0.15, 0.2) is 0 Å². The third kappa shape index (κ3) is 2.03. The molecule has 4 nitrogen and oxygen atoms in total. The van der Waals surface area contributed by atoms with Crippen LogP contribution in [0.2, 0.25) is 0 Å². The molecule has 3 unspecified atom stereocenters. The molecular formula is C14H23N3OS. The summed E-state index contributed by atoms with van der Waals surface area (Å²) in [6, 6.07) is 0. The molecule has 1 saturated heterocycles. The van der Waals surface area contributed by atoms with E-state index in [0.717, 1.165) is 31.1 Å². The van der Waals surface area contributed by atoms with Crippen molar-refractivity contribution >= 4 is 11.3 Å². The molecule has 3 N–H and O–H groups in total. The minimum absolute atomic E-state index is 0.0496. The fourth-order valence-electron chi connectivity index (χ4n) is 3.74. The van der Waals surface area contributed by atoms with Crippen LogP contribution in [-0.2, 0) is 11.3 Å². The molecule has 3 atom stereocenters. The zero-order valence-corrected chi connectivity index (χ0v) is 12.5. The Hall–Kier alpha value is -0.490. The van der Waals surface area contributed by atoms with E-state index in [1.807, 2.05) is 11.6 Å². The first-order valence-corrected chi connectivity index (χ1v) is 7.93. The van der Waals surface area contributed by atoms with Gasteiger partial charge in [0.1, 0.15) is 5.01 Å². The van der Waals surface area contributed by atoms with E-state index in [0.29, 0.717) is 12.0 Å². The van der Waals surface area contributed by atoms with Crippen molar-refractivity contribution in [1.82, 2.24) is 10.3 Å². The fourth-order valence-corrected chi connectivity index (χ4v) is 4.33. The Morgan fingerprint density at radius 1 is 1.58 bits per heavy atom. The van der Waals surface area contributed by atoms with Crippen molar-refractivity contribution in [3.63, 3.8) is 0 Å². The van der Waals surface area contributed by atoms with Crippen molar-refractivity contribution in [2.45, 2.75) is 44.9 Å². The summed E-state index contributed by atoms with van der Waals surface area (Å²) in [5.74, 6) is 0.500. The van der Waals surface area contributed by atoms with E-state index in [1.165, 1.54) is 6.42 Å². The molecule has 2 heterocycles. The van der Waals surface area contributed by atoms with Crippen molar-refractivity contribution in [3.05, 3.63) is 16.6 Å². The molecule has 0 bridgehead atoms. The van der Waals surface area contributed by atoms with Crippen LogP contribution in [0.5, 0.6) is 0 Å². The predicted octanol–water partition coefficient (Wildman–Crippen LogP) is 1.77. The van der Waals surface area contributed by atoms with Gasteiger partial charge in [0, 0.05) is 48.1 Å². The van der Waals surface area contributed by atoms with Gasteiger partial charge in [-0.1, -0.05) is 13.8 Å². The zero-order valence-electron chi connectivity index (χ0n) is 11.7. The summed E-state index contributed by atoms with van der Waals surface area (Å²) in [4.78, 5) is 4.29. The quantitative estimate of drug-likeness (QED) is 0.883. The molecule has 0 radical (unpaired) electrons. The number of hydrogen-bond acceptors (Lipinski definition) is 5. The maximum atomic E-state index is 6.72. The van der Waals surface area contributed by atoms with Crippen LogP contribution in [0.3, 0.4) is 0 Å². The highest BCUT2D eigenvalue weighted by Gasteiger charge is 2.65. The molecule has 1 aromatic heterocycles. The Morgan fingerprint density at radius 3 is 3.16 bits per heavy atom. The molecule has 3 rings (SSSR count). The van der Waals surface area contributed by atoms with Crippen LogP contribution in [0.4, 0.5) is 0 Å². The number of aromatic nitrogens is 1. The first-order valence-electron chi connectivity index (χ1n) is 7.05. The lowest BCUT2D eigenvalue weighted by Crippen LogP contribution is -2.80. The molecule has 5 heteroatoms. The van der Waals surface area contributed by atoms with Gasteiger partial charge in [-0.2, -0.15) is 0 Å². The van der Waals surface area contributed by atoms with E-state index < -0.39 is 0 Å². The Balaban J connectivity index is 1.62. The van der Waals surface area contributed by atoms with E-state index in [9.17, 15) is 0 Å². The van der Waals surface area contributed by atoms with Gasteiger partial charge in [-0.25, -0.2) is 4.98 Å². The number of hydrogen-bond donors (Lipinski definition) is 2. The van der Waals surface area contributed by atoms with Crippen molar-refractivity contribution in [2.24, 2.45) is 17.1 Å². The number of nitrogens with zero attached hydrogens (tertiary/aromatic N) is 1. The Bertz CT molecular complexity index is 434. The molecule has 19 heavy (non-hydrogen) atoms. The van der Waals surface area contributed by atoms with E-state index in [2.05, 4.69) is 24.1 Å². The summed E-state index contributed by atoms with van der Waals surface area (Å²) in [6.45, 7) is 7.03. The summed E-state index contributed by atoms with van der Waals surface area (Å²) >= 11 is 1.68. The summed E-state index contributed by atoms with van der Waals surface area (Å²) in [6.07, 6.45) is 4.53. The molecule has 106 valence electrons. The van der Waals surface area contributed by atoms with Crippen LogP contribution in [0.1, 0.15) is 31.7 Å². The summed E-state index contributed by atoms with van der Waals surface area (Å²) in [7, 11) is 0. The lowest BCUT2D eigenvalue weighted by Gasteiger charge is -2.66. The predicted molar refractivity (Wildman–Crippen MR) is 77.0 cm³/mol. The molecule has 0 amide bonds. The van der Waals surface area contributed by atoms with Gasteiger partial charge in [0.25, 0.3) is 0 Å². The molecule has 0 spiro atoms. The second kappa shape index (κ2) is 4.81. The minimum Gasteiger partial charge on any atom is -0.377 e. The molecule has 0 aromatic carbocycles. The lowest BCUT2D eigenvalue weighted by molar-refractivity contribution is -0.225. The van der Waals surface area contributed by atoms with Gasteiger partial charge < -0.3 is 15.8 Å². The standard InChI is InChI=1S/C14H23N3OS/c1-13(2)12-10(4-3-6-18-12)14(13,15)9-16-8-11-17-5-7-19-11/h5,7,10,12,16H,3-4,6,8-9,15H2,1-2H3. The second-order valence-electron chi connectivity index (χ2n) is 6.33. The van der Waals surface area contributed by atoms with Crippen LogP contribution >= 0.6 is 11.3 Å². The maximum absolute atomic E-state index is 6.72. The molecule has 1 aromatic rings. The van der Waals surface area contributed by atoms with Gasteiger partial charge in [-0.3, -0.25) is 0 Å². The maximum Gasteiger partial charge on any atom is 0.106 e. The van der Waals surface area contributed by atoms with Crippen LogP contribution in [0.25, 0.3) is 0 Å². The molecule has 2 aliphatic rings. The number of rotatable bonds is 4.